The van der Waals surface area contributed by atoms with E-state index in [1.165, 1.54) is 37.1 Å². The van der Waals surface area contributed by atoms with E-state index in [2.05, 4.69) is 15.0 Å². The quantitative estimate of drug-likeness (QED) is 0.737. The van der Waals surface area contributed by atoms with Gasteiger partial charge in [-0.1, -0.05) is 12.1 Å². The first-order valence-corrected chi connectivity index (χ1v) is 6.72. The van der Waals surface area contributed by atoms with Gasteiger partial charge in [0.1, 0.15) is 5.82 Å². The molecule has 2 heterocycles. The van der Waals surface area contributed by atoms with E-state index in [0.29, 0.717) is 11.3 Å². The molecule has 0 radical (unpaired) electrons. The average molecular weight is 321 g/mol. The zero-order valence-corrected chi connectivity index (χ0v) is 11.7. The van der Waals surface area contributed by atoms with Gasteiger partial charge in [0.25, 0.3) is 0 Å². The van der Waals surface area contributed by atoms with Crippen LogP contribution in [0, 0.1) is 5.82 Å². The lowest BCUT2D eigenvalue weighted by Crippen LogP contribution is -2.13. The number of pyridine rings is 1. The van der Waals surface area contributed by atoms with Crippen LogP contribution in [0.2, 0.25) is 0 Å². The van der Waals surface area contributed by atoms with Gasteiger partial charge in [0.2, 0.25) is 0 Å². The van der Waals surface area contributed by atoms with Crippen LogP contribution in [0.15, 0.2) is 55.2 Å². The Hall–Kier alpha value is -2.70. The molecule has 0 spiro atoms. The predicted molar refractivity (Wildman–Crippen MR) is 75.2 cm³/mol. The first kappa shape index (κ1) is 15.2. The molecule has 1 unspecified atom stereocenters. The van der Waals surface area contributed by atoms with Gasteiger partial charge < -0.3 is 4.98 Å². The minimum Gasteiger partial charge on any atom is -0.348 e. The number of rotatable bonds is 3. The molecular weight excluding hydrogens is 310 g/mol. The molecular formula is C16H11F4N3. The molecule has 7 heteroatoms. The van der Waals surface area contributed by atoms with Crippen molar-refractivity contribution in [1.29, 1.82) is 0 Å². The summed E-state index contributed by atoms with van der Waals surface area (Å²) in [5, 5.41) is 0. The van der Waals surface area contributed by atoms with E-state index >= 15 is 0 Å². The highest BCUT2D eigenvalue weighted by Gasteiger charge is 2.36. The molecule has 0 saturated carbocycles. The number of alkyl halides is 3. The van der Waals surface area contributed by atoms with Crippen LogP contribution in [0.5, 0.6) is 0 Å². The Kier molecular flexibility index (Phi) is 3.85. The summed E-state index contributed by atoms with van der Waals surface area (Å²) in [4.78, 5) is 10.6. The second-order valence-electron chi connectivity index (χ2n) is 4.93. The monoisotopic (exact) mass is 321 g/mol. The largest absolute Gasteiger partial charge is 0.419 e. The number of benzene rings is 1. The van der Waals surface area contributed by atoms with Crippen molar-refractivity contribution in [2.75, 3.05) is 0 Å². The van der Waals surface area contributed by atoms with E-state index < -0.39 is 23.5 Å². The highest BCUT2D eigenvalue weighted by atomic mass is 19.4. The van der Waals surface area contributed by atoms with Crippen molar-refractivity contribution in [3.63, 3.8) is 0 Å². The van der Waals surface area contributed by atoms with E-state index in [1.807, 2.05) is 0 Å². The van der Waals surface area contributed by atoms with Gasteiger partial charge in [0.05, 0.1) is 17.8 Å². The van der Waals surface area contributed by atoms with E-state index in [4.69, 9.17) is 0 Å². The number of hydrogen-bond acceptors (Lipinski definition) is 2. The van der Waals surface area contributed by atoms with E-state index in [1.54, 1.807) is 12.1 Å². The van der Waals surface area contributed by atoms with Crippen molar-refractivity contribution < 1.29 is 17.6 Å². The molecule has 0 aliphatic heterocycles. The minimum atomic E-state index is -4.75. The molecule has 0 saturated heterocycles. The van der Waals surface area contributed by atoms with Crippen LogP contribution in [0.4, 0.5) is 17.6 Å². The third-order valence-electron chi connectivity index (χ3n) is 3.51. The first-order valence-electron chi connectivity index (χ1n) is 6.72. The number of nitrogens with zero attached hydrogens (tertiary/aromatic N) is 2. The van der Waals surface area contributed by atoms with Crippen LogP contribution in [0.25, 0.3) is 0 Å². The van der Waals surface area contributed by atoms with Crippen molar-refractivity contribution in [2.24, 2.45) is 0 Å². The molecule has 1 N–H and O–H groups in total. The molecule has 0 fully saturated rings. The Labute approximate surface area is 129 Å². The lowest BCUT2D eigenvalue weighted by Gasteiger charge is -2.19. The second-order valence-corrected chi connectivity index (χ2v) is 4.93. The molecule has 0 bridgehead atoms. The smallest absolute Gasteiger partial charge is 0.348 e. The summed E-state index contributed by atoms with van der Waals surface area (Å²) in [7, 11) is 0. The van der Waals surface area contributed by atoms with Crippen molar-refractivity contribution in [3.8, 4) is 0 Å². The Morgan fingerprint density at radius 2 is 1.74 bits per heavy atom. The highest BCUT2D eigenvalue weighted by molar-refractivity contribution is 5.42. The van der Waals surface area contributed by atoms with Gasteiger partial charge in [-0.25, -0.2) is 9.37 Å². The maximum absolute atomic E-state index is 14.5. The first-order chi connectivity index (χ1) is 11.0. The lowest BCUT2D eigenvalue weighted by atomic mass is 9.88. The van der Waals surface area contributed by atoms with Crippen molar-refractivity contribution in [1.82, 2.24) is 15.0 Å². The number of aromatic nitrogens is 3. The Morgan fingerprint density at radius 1 is 1.00 bits per heavy atom. The molecule has 0 aliphatic carbocycles. The Balaban J connectivity index is 2.20. The lowest BCUT2D eigenvalue weighted by molar-refractivity contribution is -0.140. The number of hydrogen-bond donors (Lipinski definition) is 1. The van der Waals surface area contributed by atoms with E-state index in [0.717, 1.165) is 6.07 Å². The van der Waals surface area contributed by atoms with E-state index in [-0.39, 0.29) is 5.56 Å². The molecule has 118 valence electrons. The van der Waals surface area contributed by atoms with Crippen LogP contribution in [-0.2, 0) is 6.18 Å². The average Bonchev–Trinajstić information content (AvgIpc) is 3.03. The summed E-state index contributed by atoms with van der Waals surface area (Å²) in [6.07, 6.45) is 1.12. The summed E-state index contributed by atoms with van der Waals surface area (Å²) in [6, 6.07) is 6.54. The zero-order chi connectivity index (χ0) is 16.4. The number of nitrogens with one attached hydrogen (secondary N) is 1. The number of imidazole rings is 1. The predicted octanol–water partition coefficient (Wildman–Crippen LogP) is 4.14. The van der Waals surface area contributed by atoms with Gasteiger partial charge in [-0.15, -0.1) is 0 Å². The van der Waals surface area contributed by atoms with Crippen LogP contribution in [-0.4, -0.2) is 15.0 Å². The third kappa shape index (κ3) is 2.94. The molecule has 3 nitrogen and oxygen atoms in total. The van der Waals surface area contributed by atoms with Gasteiger partial charge >= 0.3 is 6.18 Å². The van der Waals surface area contributed by atoms with Crippen molar-refractivity contribution >= 4 is 0 Å². The summed E-state index contributed by atoms with van der Waals surface area (Å²) < 4.78 is 53.4. The Morgan fingerprint density at radius 3 is 2.35 bits per heavy atom. The fourth-order valence-corrected chi connectivity index (χ4v) is 2.50. The third-order valence-corrected chi connectivity index (χ3v) is 3.51. The summed E-state index contributed by atoms with van der Waals surface area (Å²) >= 11 is 0. The van der Waals surface area contributed by atoms with Gasteiger partial charge in [0, 0.05) is 29.8 Å². The van der Waals surface area contributed by atoms with Gasteiger partial charge in [-0.05, 0) is 23.8 Å². The Bertz CT molecular complexity index is 783. The van der Waals surface area contributed by atoms with Crippen molar-refractivity contribution in [3.05, 3.63) is 83.5 Å². The fraction of sp³-hybridized carbons (Fsp3) is 0.125. The van der Waals surface area contributed by atoms with Gasteiger partial charge in [-0.3, -0.25) is 4.98 Å². The second kappa shape index (κ2) is 5.83. The molecule has 3 aromatic rings. The highest BCUT2D eigenvalue weighted by Crippen LogP contribution is 2.37. The summed E-state index contributed by atoms with van der Waals surface area (Å²) in [5.41, 5.74) is -0.249. The SMILES string of the molecule is Fc1c(C(c2ccncc2)c2cnc[nH]2)cccc1C(F)(F)F. The number of H-pyrrole nitrogens is 1. The minimum absolute atomic E-state index is 0.0738. The number of aromatic amines is 1. The standard InChI is InChI=1S/C16H11F4N3/c17-15-11(2-1-3-12(15)16(18,19)20)14(13-8-22-9-23-13)10-4-6-21-7-5-10/h1-9,14H,(H,22,23). The number of halogens is 4. The fourth-order valence-electron chi connectivity index (χ4n) is 2.50. The molecule has 1 aromatic carbocycles. The van der Waals surface area contributed by atoms with Crippen LogP contribution in [0.3, 0.4) is 0 Å². The van der Waals surface area contributed by atoms with Gasteiger partial charge in [-0.2, -0.15) is 13.2 Å². The topological polar surface area (TPSA) is 41.6 Å². The summed E-state index contributed by atoms with van der Waals surface area (Å²) in [5.74, 6) is -2.01. The molecule has 0 amide bonds. The van der Waals surface area contributed by atoms with E-state index in [9.17, 15) is 17.6 Å². The maximum atomic E-state index is 14.5. The maximum Gasteiger partial charge on any atom is 0.419 e. The molecule has 3 rings (SSSR count). The zero-order valence-electron chi connectivity index (χ0n) is 11.7. The normalized spacial score (nSPS) is 13.0. The van der Waals surface area contributed by atoms with Crippen LogP contribution < -0.4 is 0 Å². The molecule has 1 atom stereocenters. The van der Waals surface area contributed by atoms with Gasteiger partial charge in [0.15, 0.2) is 0 Å². The molecule has 0 aliphatic rings. The molecule has 23 heavy (non-hydrogen) atoms. The molecule has 2 aromatic heterocycles. The van der Waals surface area contributed by atoms with Crippen molar-refractivity contribution in [2.45, 2.75) is 12.1 Å². The summed E-state index contributed by atoms with van der Waals surface area (Å²) in [6.45, 7) is 0. The van der Waals surface area contributed by atoms with Crippen LogP contribution in [0.1, 0.15) is 28.3 Å². The van der Waals surface area contributed by atoms with Crippen LogP contribution >= 0.6 is 0 Å².